The van der Waals surface area contributed by atoms with Crippen LogP contribution < -0.4 is 21.5 Å². The molecule has 0 amide bonds. The van der Waals surface area contributed by atoms with Crippen LogP contribution in [0.25, 0.3) is 0 Å². The fourth-order valence-electron chi connectivity index (χ4n) is 4.94. The van der Waals surface area contributed by atoms with Crippen molar-refractivity contribution in [1.29, 1.82) is 0 Å². The lowest BCUT2D eigenvalue weighted by Gasteiger charge is -2.17. The fourth-order valence-corrected chi connectivity index (χ4v) is 5.16. The van der Waals surface area contributed by atoms with E-state index in [4.69, 9.17) is 0 Å². The largest absolute Gasteiger partial charge is 1.00 e. The highest BCUT2D eigenvalue weighted by Gasteiger charge is 2.48. The summed E-state index contributed by atoms with van der Waals surface area (Å²) in [7, 11) is -2.01. The van der Waals surface area contributed by atoms with E-state index in [1.807, 2.05) is 12.4 Å². The van der Waals surface area contributed by atoms with Gasteiger partial charge in [-0.3, -0.25) is 0 Å². The van der Waals surface area contributed by atoms with Crippen LogP contribution in [0, 0.1) is 11.8 Å². The standard InChI is InChI=1S/2C16H30N2.C2H2F4O3S.ClH/c2*1-15(2)11-9-7-5-4-6-8-10-12-16-17-13-14-18(16)3;3-1(4)2(5,6)10(7,8)9;/h2*13-15H,4-12H2,1-3H3;1H,(H,7,8,9);1H. The molecule has 278 valence electrons. The third kappa shape index (κ3) is 24.2. The number of aryl methyl sites for hydroxylation is 4. The second-order valence-corrected chi connectivity index (χ2v) is 14.6. The van der Waals surface area contributed by atoms with Gasteiger partial charge in [-0.05, 0) is 24.7 Å². The zero-order chi connectivity index (χ0) is 35.0. The van der Waals surface area contributed by atoms with Crippen molar-refractivity contribution in [3.8, 4) is 0 Å². The number of aromatic amines is 2. The average Bonchev–Trinajstić information content (AvgIpc) is 3.57. The lowest BCUT2D eigenvalue weighted by Crippen LogP contribution is -3.00. The maximum atomic E-state index is 11.4. The number of unbranched alkanes of at least 4 members (excludes halogenated alkanes) is 12. The normalized spacial score (nSPS) is 11.7. The van der Waals surface area contributed by atoms with Gasteiger partial charge in [0, 0.05) is 12.8 Å². The Morgan fingerprint density at radius 1 is 0.660 bits per heavy atom. The molecule has 0 unspecified atom stereocenters. The van der Waals surface area contributed by atoms with E-state index in [1.54, 1.807) is 0 Å². The molecule has 0 fully saturated rings. The number of hydrogen-bond acceptors (Lipinski definition) is 3. The first-order valence-electron chi connectivity index (χ1n) is 17.2. The van der Waals surface area contributed by atoms with Crippen LogP contribution in [0.4, 0.5) is 17.6 Å². The van der Waals surface area contributed by atoms with Gasteiger partial charge in [-0.1, -0.05) is 118 Å². The number of rotatable bonds is 22. The van der Waals surface area contributed by atoms with Crippen LogP contribution in [0.5, 0.6) is 0 Å². The second kappa shape index (κ2) is 27.2. The quantitative estimate of drug-likeness (QED) is 0.0707. The number of nitrogens with one attached hydrogen (secondary N) is 2. The predicted molar refractivity (Wildman–Crippen MR) is 176 cm³/mol. The van der Waals surface area contributed by atoms with Gasteiger partial charge in [-0.15, -0.1) is 0 Å². The van der Waals surface area contributed by atoms with Crippen molar-refractivity contribution in [3.05, 3.63) is 36.4 Å². The fraction of sp³-hybridized carbons (Fsp3) is 0.824. The first kappa shape index (κ1) is 47.5. The molecular formula is C34H63ClF4N4O3S. The third-order valence-corrected chi connectivity index (χ3v) is 8.77. The summed E-state index contributed by atoms with van der Waals surface area (Å²) in [5.74, 6) is 4.47. The molecule has 0 saturated heterocycles. The molecule has 0 atom stereocenters. The van der Waals surface area contributed by atoms with E-state index in [0.29, 0.717) is 0 Å². The van der Waals surface area contributed by atoms with E-state index in [9.17, 15) is 30.5 Å². The van der Waals surface area contributed by atoms with Crippen molar-refractivity contribution < 1.29 is 52.1 Å². The van der Waals surface area contributed by atoms with Gasteiger partial charge in [0.1, 0.15) is 24.8 Å². The van der Waals surface area contributed by atoms with Gasteiger partial charge < -0.3 is 17.0 Å². The van der Waals surface area contributed by atoms with Gasteiger partial charge in [0.25, 0.3) is 11.6 Å². The Balaban J connectivity index is 0. The monoisotopic (exact) mass is 718 g/mol. The van der Waals surface area contributed by atoms with E-state index in [2.05, 4.69) is 73.3 Å². The van der Waals surface area contributed by atoms with Gasteiger partial charge in [0.2, 0.25) is 0 Å². The number of alkyl halides is 4. The van der Waals surface area contributed by atoms with Gasteiger partial charge in [0.05, 0.1) is 14.1 Å². The van der Waals surface area contributed by atoms with E-state index < -0.39 is 21.8 Å². The topological polar surface area (TPSA) is 96.5 Å². The molecule has 0 aliphatic rings. The number of imidazole rings is 2. The molecule has 2 aromatic heterocycles. The van der Waals surface area contributed by atoms with Crippen LogP contribution in [0.3, 0.4) is 0 Å². The Kier molecular flexibility index (Phi) is 27.5. The first-order valence-corrected chi connectivity index (χ1v) is 18.7. The molecule has 2 heterocycles. The van der Waals surface area contributed by atoms with Gasteiger partial charge in [-0.25, -0.2) is 36.3 Å². The van der Waals surface area contributed by atoms with E-state index in [0.717, 1.165) is 11.8 Å². The predicted octanol–water partition coefficient (Wildman–Crippen LogP) is 5.71. The lowest BCUT2D eigenvalue weighted by atomic mass is 10.0. The minimum atomic E-state index is -6.23. The Morgan fingerprint density at radius 2 is 0.957 bits per heavy atom. The van der Waals surface area contributed by atoms with Crippen LogP contribution >= 0.6 is 0 Å². The van der Waals surface area contributed by atoms with Gasteiger partial charge >= 0.3 is 11.7 Å². The van der Waals surface area contributed by atoms with Crippen LogP contribution in [-0.2, 0) is 37.1 Å². The summed E-state index contributed by atoms with van der Waals surface area (Å²) in [5.41, 5.74) is 0. The summed E-state index contributed by atoms with van der Waals surface area (Å²) in [6.45, 7) is 9.28. The summed E-state index contributed by atoms with van der Waals surface area (Å²) in [5, 5.41) is -5.48. The number of aromatic nitrogens is 4. The van der Waals surface area contributed by atoms with Crippen molar-refractivity contribution in [3.63, 3.8) is 0 Å². The zero-order valence-corrected chi connectivity index (χ0v) is 31.3. The third-order valence-electron chi connectivity index (χ3n) is 7.93. The van der Waals surface area contributed by atoms with Crippen LogP contribution in [0.15, 0.2) is 24.8 Å². The number of nitrogens with zero attached hydrogens (tertiary/aromatic N) is 2. The first-order chi connectivity index (χ1) is 21.6. The zero-order valence-electron chi connectivity index (χ0n) is 29.7. The van der Waals surface area contributed by atoms with E-state index in [-0.39, 0.29) is 12.4 Å². The van der Waals surface area contributed by atoms with Crippen LogP contribution in [0.2, 0.25) is 0 Å². The summed E-state index contributed by atoms with van der Waals surface area (Å²) < 4.78 is 77.1. The molecule has 0 aliphatic carbocycles. The second-order valence-electron chi connectivity index (χ2n) is 13.2. The molecule has 0 spiro atoms. The van der Waals surface area contributed by atoms with E-state index in [1.165, 1.54) is 127 Å². The van der Waals surface area contributed by atoms with E-state index >= 15 is 0 Å². The average molecular weight is 719 g/mol. The Labute approximate surface area is 288 Å². The van der Waals surface area contributed by atoms with Gasteiger partial charge in [-0.2, -0.15) is 8.78 Å². The van der Waals surface area contributed by atoms with Crippen molar-refractivity contribution in [2.24, 2.45) is 25.9 Å². The maximum Gasteiger partial charge on any atom is 0.393 e. The SMILES string of the molecule is CC(C)CCCCCCCCCc1[nH]cc[n+]1C.CC(C)CCCCCCCCCc1[nH]cc[n+]1C.O=S(=O)([O-])C(F)(F)C(F)F.[Cl-]. The van der Waals surface area contributed by atoms with Crippen molar-refractivity contribution in [2.75, 3.05) is 0 Å². The molecule has 0 saturated carbocycles. The molecular weight excluding hydrogens is 656 g/mol. The molecule has 2 N–H and O–H groups in total. The minimum Gasteiger partial charge on any atom is -1.00 e. The number of H-pyrrole nitrogens is 2. The highest BCUT2D eigenvalue weighted by Crippen LogP contribution is 2.27. The molecule has 0 aromatic carbocycles. The number of hydrogen-bond donors (Lipinski definition) is 2. The minimum absolute atomic E-state index is 0. The van der Waals surface area contributed by atoms with Crippen LogP contribution in [-0.4, -0.2) is 34.6 Å². The lowest BCUT2D eigenvalue weighted by molar-refractivity contribution is -0.678. The summed E-state index contributed by atoms with van der Waals surface area (Å²) >= 11 is 0. The van der Waals surface area contributed by atoms with Crippen LogP contribution in [0.1, 0.15) is 142 Å². The highest BCUT2D eigenvalue weighted by molar-refractivity contribution is 7.86. The molecule has 47 heavy (non-hydrogen) atoms. The van der Waals surface area contributed by atoms with Gasteiger partial charge in [0.15, 0.2) is 10.1 Å². The molecule has 0 aliphatic heterocycles. The highest BCUT2D eigenvalue weighted by atomic mass is 35.5. The molecule has 2 aromatic rings. The summed E-state index contributed by atoms with van der Waals surface area (Å²) in [6, 6.07) is 0. The Bertz CT molecular complexity index is 1050. The number of halogens is 5. The molecule has 13 heteroatoms. The Hall–Kier alpha value is -1.66. The van der Waals surface area contributed by atoms with Crippen molar-refractivity contribution in [2.45, 2.75) is 155 Å². The molecule has 2 rings (SSSR count). The van der Waals surface area contributed by atoms with Crippen molar-refractivity contribution >= 4 is 10.1 Å². The summed E-state index contributed by atoms with van der Waals surface area (Å²) in [4.78, 5) is 6.60. The maximum absolute atomic E-state index is 11.4. The Morgan fingerprint density at radius 3 is 1.17 bits per heavy atom. The molecule has 7 nitrogen and oxygen atoms in total. The smallest absolute Gasteiger partial charge is 0.393 e. The molecule has 0 bridgehead atoms. The molecule has 0 radical (unpaired) electrons. The van der Waals surface area contributed by atoms with Crippen molar-refractivity contribution in [1.82, 2.24) is 9.97 Å². The summed E-state index contributed by atoms with van der Waals surface area (Å²) in [6.07, 6.45) is 28.6.